The van der Waals surface area contributed by atoms with E-state index in [4.69, 9.17) is 0 Å². The molecule has 0 fully saturated rings. The first kappa shape index (κ1) is 17.1. The molecule has 0 aliphatic carbocycles. The van der Waals surface area contributed by atoms with Gasteiger partial charge >= 0.3 is 0 Å². The standard InChI is InChI=1S/C19H20O4/c1-18(22,16(20)14-9-5-3-6-10-14)13-19(2,23)17(21)15-11-7-4-8-12-15/h3-12,22-23H,13H2,1-2H3. The number of benzene rings is 2. The Labute approximate surface area is 135 Å². The van der Waals surface area contributed by atoms with Gasteiger partial charge in [0.25, 0.3) is 0 Å². The second-order valence-electron chi connectivity index (χ2n) is 6.11. The minimum atomic E-state index is -1.85. The predicted octanol–water partition coefficient (Wildman–Crippen LogP) is 2.64. The third kappa shape index (κ3) is 3.92. The Kier molecular flexibility index (Phi) is 4.78. The van der Waals surface area contributed by atoms with Crippen LogP contribution >= 0.6 is 0 Å². The van der Waals surface area contributed by atoms with Crippen LogP contribution in [-0.4, -0.2) is 33.0 Å². The Morgan fingerprint density at radius 3 is 1.35 bits per heavy atom. The van der Waals surface area contributed by atoms with Crippen molar-refractivity contribution < 1.29 is 19.8 Å². The molecule has 4 heteroatoms. The normalized spacial score (nSPS) is 16.2. The monoisotopic (exact) mass is 312 g/mol. The molecule has 4 nitrogen and oxygen atoms in total. The van der Waals surface area contributed by atoms with Crippen LogP contribution in [0.4, 0.5) is 0 Å². The highest BCUT2D eigenvalue weighted by Crippen LogP contribution is 2.27. The molecule has 0 heterocycles. The van der Waals surface area contributed by atoms with Crippen LogP contribution in [0.5, 0.6) is 0 Å². The summed E-state index contributed by atoms with van der Waals surface area (Å²) in [5.41, 5.74) is -3.04. The van der Waals surface area contributed by atoms with E-state index in [1.54, 1.807) is 60.7 Å². The fraction of sp³-hybridized carbons (Fsp3) is 0.263. The van der Waals surface area contributed by atoms with Crippen molar-refractivity contribution in [3.8, 4) is 0 Å². The largest absolute Gasteiger partial charge is 0.382 e. The molecule has 0 saturated heterocycles. The van der Waals surface area contributed by atoms with E-state index in [-0.39, 0.29) is 6.42 Å². The smallest absolute Gasteiger partial charge is 0.194 e. The molecule has 2 rings (SSSR count). The summed E-state index contributed by atoms with van der Waals surface area (Å²) in [4.78, 5) is 24.9. The number of Topliss-reactive ketones (excluding diaryl/α,β-unsaturated/α-hetero) is 2. The fourth-order valence-electron chi connectivity index (χ4n) is 2.63. The molecule has 0 aliphatic rings. The fourth-order valence-corrected chi connectivity index (χ4v) is 2.63. The summed E-state index contributed by atoms with van der Waals surface area (Å²) in [6, 6.07) is 16.6. The van der Waals surface area contributed by atoms with Crippen LogP contribution in [0.3, 0.4) is 0 Å². The van der Waals surface area contributed by atoms with Crippen molar-refractivity contribution in [2.75, 3.05) is 0 Å². The van der Waals surface area contributed by atoms with Gasteiger partial charge in [0, 0.05) is 17.5 Å². The van der Waals surface area contributed by atoms with E-state index >= 15 is 0 Å². The van der Waals surface area contributed by atoms with Gasteiger partial charge in [-0.05, 0) is 13.8 Å². The molecule has 0 radical (unpaired) electrons. The summed E-state index contributed by atoms with van der Waals surface area (Å²) >= 11 is 0. The summed E-state index contributed by atoms with van der Waals surface area (Å²) < 4.78 is 0. The minimum absolute atomic E-state index is 0.334. The maximum absolute atomic E-state index is 12.4. The summed E-state index contributed by atoms with van der Waals surface area (Å²) in [7, 11) is 0. The number of carbonyl (C=O) groups is 2. The maximum Gasteiger partial charge on any atom is 0.194 e. The van der Waals surface area contributed by atoms with Gasteiger partial charge in [-0.15, -0.1) is 0 Å². The molecule has 23 heavy (non-hydrogen) atoms. The first-order valence-corrected chi connectivity index (χ1v) is 7.38. The summed E-state index contributed by atoms with van der Waals surface area (Å²) in [5.74, 6) is -1.06. The van der Waals surface area contributed by atoms with Crippen LogP contribution in [0.15, 0.2) is 60.7 Å². The van der Waals surface area contributed by atoms with Crippen LogP contribution in [0.25, 0.3) is 0 Å². The van der Waals surface area contributed by atoms with Crippen molar-refractivity contribution in [3.63, 3.8) is 0 Å². The van der Waals surface area contributed by atoms with E-state index in [2.05, 4.69) is 0 Å². The summed E-state index contributed by atoms with van der Waals surface area (Å²) in [5, 5.41) is 21.0. The van der Waals surface area contributed by atoms with E-state index < -0.39 is 22.8 Å². The molecule has 2 aromatic rings. The lowest BCUT2D eigenvalue weighted by atomic mass is 9.80. The van der Waals surface area contributed by atoms with Crippen LogP contribution in [0.1, 0.15) is 41.0 Å². The molecule has 0 saturated carbocycles. The van der Waals surface area contributed by atoms with Crippen molar-refractivity contribution in [2.24, 2.45) is 0 Å². The third-order valence-electron chi connectivity index (χ3n) is 3.74. The van der Waals surface area contributed by atoms with Crippen molar-refractivity contribution in [2.45, 2.75) is 31.5 Å². The van der Waals surface area contributed by atoms with Gasteiger partial charge in [-0.1, -0.05) is 60.7 Å². The molecule has 0 amide bonds. The average Bonchev–Trinajstić information content (AvgIpc) is 2.54. The molecule has 2 N–H and O–H groups in total. The van der Waals surface area contributed by atoms with E-state index in [9.17, 15) is 19.8 Å². The molecule has 0 aliphatic heterocycles. The van der Waals surface area contributed by atoms with Crippen molar-refractivity contribution in [1.29, 1.82) is 0 Å². The van der Waals surface area contributed by atoms with Gasteiger partial charge in [-0.2, -0.15) is 0 Å². The van der Waals surface area contributed by atoms with Crippen LogP contribution in [-0.2, 0) is 0 Å². The van der Waals surface area contributed by atoms with Gasteiger partial charge in [0.2, 0.25) is 0 Å². The molecule has 0 bridgehead atoms. The Bertz CT molecular complexity index is 626. The van der Waals surface area contributed by atoms with Crippen LogP contribution < -0.4 is 0 Å². The van der Waals surface area contributed by atoms with E-state index in [0.717, 1.165) is 0 Å². The number of ketones is 2. The Hall–Kier alpha value is -2.30. The third-order valence-corrected chi connectivity index (χ3v) is 3.74. The number of hydrogen-bond donors (Lipinski definition) is 2. The molecule has 120 valence electrons. The lowest BCUT2D eigenvalue weighted by Crippen LogP contribution is -2.47. The zero-order valence-corrected chi connectivity index (χ0v) is 13.2. The SMILES string of the molecule is CC(O)(CC(C)(O)C(=O)c1ccccc1)C(=O)c1ccccc1. The van der Waals surface area contributed by atoms with Crippen LogP contribution in [0.2, 0.25) is 0 Å². The van der Waals surface area contributed by atoms with Gasteiger partial charge < -0.3 is 10.2 Å². The van der Waals surface area contributed by atoms with Gasteiger partial charge in [0.05, 0.1) is 0 Å². The molecule has 2 unspecified atom stereocenters. The van der Waals surface area contributed by atoms with Gasteiger partial charge in [-0.25, -0.2) is 0 Å². The molecule has 2 aromatic carbocycles. The van der Waals surface area contributed by atoms with Gasteiger partial charge in [0.15, 0.2) is 11.6 Å². The molecule has 2 atom stereocenters. The highest BCUT2D eigenvalue weighted by molar-refractivity contribution is 6.05. The predicted molar refractivity (Wildman–Crippen MR) is 87.4 cm³/mol. The molecule has 0 aromatic heterocycles. The highest BCUT2D eigenvalue weighted by Gasteiger charge is 2.42. The van der Waals surface area contributed by atoms with Crippen LogP contribution in [0, 0.1) is 0 Å². The minimum Gasteiger partial charge on any atom is -0.382 e. The second kappa shape index (κ2) is 6.44. The summed E-state index contributed by atoms with van der Waals surface area (Å²) in [6.45, 7) is 2.63. The molecular weight excluding hydrogens is 292 g/mol. The Morgan fingerprint density at radius 1 is 0.739 bits per heavy atom. The quantitative estimate of drug-likeness (QED) is 0.804. The van der Waals surface area contributed by atoms with E-state index in [1.807, 2.05) is 0 Å². The number of carbonyl (C=O) groups excluding carboxylic acids is 2. The number of hydrogen-bond acceptors (Lipinski definition) is 4. The topological polar surface area (TPSA) is 74.6 Å². The lowest BCUT2D eigenvalue weighted by Gasteiger charge is -2.30. The van der Waals surface area contributed by atoms with E-state index in [0.29, 0.717) is 11.1 Å². The first-order chi connectivity index (χ1) is 10.7. The Balaban J connectivity index is 2.21. The van der Waals surface area contributed by atoms with Crippen molar-refractivity contribution >= 4 is 11.6 Å². The zero-order valence-electron chi connectivity index (χ0n) is 13.2. The van der Waals surface area contributed by atoms with E-state index in [1.165, 1.54) is 13.8 Å². The van der Waals surface area contributed by atoms with Crippen molar-refractivity contribution in [1.82, 2.24) is 0 Å². The highest BCUT2D eigenvalue weighted by atomic mass is 16.3. The van der Waals surface area contributed by atoms with Gasteiger partial charge in [0.1, 0.15) is 11.2 Å². The summed E-state index contributed by atoms with van der Waals surface area (Å²) in [6.07, 6.45) is -0.387. The zero-order chi connectivity index (χ0) is 17.1. The Morgan fingerprint density at radius 2 is 1.04 bits per heavy atom. The number of aliphatic hydroxyl groups is 2. The lowest BCUT2D eigenvalue weighted by molar-refractivity contribution is -0.0201. The van der Waals surface area contributed by atoms with Gasteiger partial charge in [-0.3, -0.25) is 9.59 Å². The first-order valence-electron chi connectivity index (χ1n) is 7.38. The van der Waals surface area contributed by atoms with Crippen molar-refractivity contribution in [3.05, 3.63) is 71.8 Å². The maximum atomic E-state index is 12.4. The number of rotatable bonds is 6. The molecule has 0 spiro atoms. The molecular formula is C19H20O4. The average molecular weight is 312 g/mol. The second-order valence-corrected chi connectivity index (χ2v) is 6.11.